The summed E-state index contributed by atoms with van der Waals surface area (Å²) in [7, 11) is 2.14. The highest BCUT2D eigenvalue weighted by atomic mass is 15.0. The Labute approximate surface area is 132 Å². The van der Waals surface area contributed by atoms with Crippen LogP contribution in [0.5, 0.6) is 0 Å². The van der Waals surface area contributed by atoms with E-state index >= 15 is 0 Å². The van der Waals surface area contributed by atoms with E-state index in [9.17, 15) is 0 Å². The zero-order valence-corrected chi connectivity index (χ0v) is 14.8. The molecule has 2 heteroatoms. The Morgan fingerprint density at radius 1 is 0.905 bits per heavy atom. The monoisotopic (exact) mass is 292 g/mol. The van der Waals surface area contributed by atoms with E-state index in [2.05, 4.69) is 43.6 Å². The summed E-state index contributed by atoms with van der Waals surface area (Å²) >= 11 is 0. The lowest BCUT2D eigenvalue weighted by atomic mass is 9.78. The first kappa shape index (κ1) is 18.3. The summed E-state index contributed by atoms with van der Waals surface area (Å²) < 4.78 is 2.23. The minimum Gasteiger partial charge on any atom is -0.338 e. The average Bonchev–Trinajstić information content (AvgIpc) is 2.90. The van der Waals surface area contributed by atoms with Gasteiger partial charge in [-0.1, -0.05) is 78.6 Å². The third kappa shape index (κ3) is 6.23. The Morgan fingerprint density at radius 3 is 1.90 bits per heavy atom. The molecule has 0 aromatic carbocycles. The number of aryl methyl sites for hydroxylation is 1. The minimum atomic E-state index is 0.262. The van der Waals surface area contributed by atoms with Gasteiger partial charge in [-0.05, 0) is 12.8 Å². The number of unbranched alkanes of at least 4 members (excludes halogenated alkanes) is 7. The molecule has 0 aliphatic carbocycles. The summed E-state index contributed by atoms with van der Waals surface area (Å²) in [6.45, 7) is 7.00. The van der Waals surface area contributed by atoms with Gasteiger partial charge < -0.3 is 4.57 Å². The molecule has 0 spiro atoms. The first-order valence-corrected chi connectivity index (χ1v) is 9.12. The van der Waals surface area contributed by atoms with Crippen molar-refractivity contribution in [3.8, 4) is 0 Å². The SMILES string of the molecule is CCCCCCCC(C)(CCCCCC)c1nccn1C. The van der Waals surface area contributed by atoms with Gasteiger partial charge in [-0.3, -0.25) is 0 Å². The van der Waals surface area contributed by atoms with Crippen LogP contribution in [0.1, 0.15) is 97.2 Å². The van der Waals surface area contributed by atoms with Crippen molar-refractivity contribution in [1.82, 2.24) is 9.55 Å². The summed E-state index contributed by atoms with van der Waals surface area (Å²) in [4.78, 5) is 4.66. The summed E-state index contributed by atoms with van der Waals surface area (Å²) in [5.41, 5.74) is 0.262. The van der Waals surface area contributed by atoms with Crippen LogP contribution >= 0.6 is 0 Å². The van der Waals surface area contributed by atoms with E-state index in [4.69, 9.17) is 0 Å². The van der Waals surface area contributed by atoms with Gasteiger partial charge in [-0.25, -0.2) is 4.98 Å². The van der Waals surface area contributed by atoms with Crippen molar-refractivity contribution in [2.45, 2.75) is 96.8 Å². The molecule has 1 atom stereocenters. The van der Waals surface area contributed by atoms with E-state index < -0.39 is 0 Å². The van der Waals surface area contributed by atoms with Gasteiger partial charge in [-0.2, -0.15) is 0 Å². The molecule has 0 fully saturated rings. The standard InChI is InChI=1S/C19H36N2/c1-5-7-9-11-13-15-19(3,14-12-10-8-6-2)18-20-16-17-21(18)4/h16-17H,5-15H2,1-4H3. The van der Waals surface area contributed by atoms with E-state index in [-0.39, 0.29) is 5.41 Å². The molecule has 1 unspecified atom stereocenters. The number of imidazole rings is 1. The molecule has 1 aromatic rings. The minimum absolute atomic E-state index is 0.262. The quantitative estimate of drug-likeness (QED) is 0.431. The topological polar surface area (TPSA) is 17.8 Å². The highest BCUT2D eigenvalue weighted by Gasteiger charge is 2.29. The van der Waals surface area contributed by atoms with Gasteiger partial charge in [-0.15, -0.1) is 0 Å². The van der Waals surface area contributed by atoms with Gasteiger partial charge in [0.15, 0.2) is 0 Å². The molecule has 0 aliphatic heterocycles. The molecule has 0 amide bonds. The maximum atomic E-state index is 4.66. The van der Waals surface area contributed by atoms with Crippen LogP contribution in [0.25, 0.3) is 0 Å². The smallest absolute Gasteiger partial charge is 0.114 e. The molecule has 1 heterocycles. The fraction of sp³-hybridized carbons (Fsp3) is 0.842. The van der Waals surface area contributed by atoms with Gasteiger partial charge in [0.2, 0.25) is 0 Å². The molecule has 0 aliphatic rings. The number of hydrogen-bond donors (Lipinski definition) is 0. The molecule has 2 nitrogen and oxygen atoms in total. The van der Waals surface area contributed by atoms with Crippen LogP contribution in [0.4, 0.5) is 0 Å². The molecule has 1 aromatic heterocycles. The first-order chi connectivity index (χ1) is 10.1. The molecule has 0 radical (unpaired) electrons. The van der Waals surface area contributed by atoms with Crippen molar-refractivity contribution in [1.29, 1.82) is 0 Å². The van der Waals surface area contributed by atoms with Gasteiger partial charge in [0.1, 0.15) is 5.82 Å². The second-order valence-corrected chi connectivity index (χ2v) is 6.90. The van der Waals surface area contributed by atoms with Gasteiger partial charge in [0, 0.05) is 24.9 Å². The second-order valence-electron chi connectivity index (χ2n) is 6.90. The third-order valence-electron chi connectivity index (χ3n) is 4.78. The Hall–Kier alpha value is -0.790. The normalized spacial score (nSPS) is 14.3. The Balaban J connectivity index is 2.55. The number of rotatable bonds is 12. The van der Waals surface area contributed by atoms with E-state index in [0.29, 0.717) is 0 Å². The number of nitrogens with zero attached hydrogens (tertiary/aromatic N) is 2. The fourth-order valence-corrected chi connectivity index (χ4v) is 3.36. The predicted octanol–water partition coefficient (Wildman–Crippen LogP) is 6.01. The molecule has 1 rings (SSSR count). The lowest BCUT2D eigenvalue weighted by Gasteiger charge is -2.29. The molecule has 0 saturated heterocycles. The van der Waals surface area contributed by atoms with E-state index in [1.165, 1.54) is 76.5 Å². The van der Waals surface area contributed by atoms with Crippen LogP contribution in [0.15, 0.2) is 12.4 Å². The van der Waals surface area contributed by atoms with E-state index in [0.717, 1.165) is 0 Å². The van der Waals surface area contributed by atoms with Crippen molar-refractivity contribution in [2.75, 3.05) is 0 Å². The zero-order chi connectivity index (χ0) is 15.6. The van der Waals surface area contributed by atoms with Gasteiger partial charge in [0.05, 0.1) is 0 Å². The van der Waals surface area contributed by atoms with Crippen LogP contribution < -0.4 is 0 Å². The van der Waals surface area contributed by atoms with Crippen molar-refractivity contribution < 1.29 is 0 Å². The van der Waals surface area contributed by atoms with Crippen LogP contribution in [-0.4, -0.2) is 9.55 Å². The summed E-state index contributed by atoms with van der Waals surface area (Å²) in [6, 6.07) is 0. The zero-order valence-electron chi connectivity index (χ0n) is 14.8. The van der Waals surface area contributed by atoms with Crippen molar-refractivity contribution in [3.05, 3.63) is 18.2 Å². The van der Waals surface area contributed by atoms with Crippen LogP contribution in [0.3, 0.4) is 0 Å². The Bertz CT molecular complexity index is 369. The second kappa shape index (κ2) is 10.0. The number of hydrogen-bond acceptors (Lipinski definition) is 1. The summed E-state index contributed by atoms with van der Waals surface area (Å²) in [6.07, 6.45) is 18.8. The van der Waals surface area contributed by atoms with Crippen LogP contribution in [0.2, 0.25) is 0 Å². The van der Waals surface area contributed by atoms with Crippen molar-refractivity contribution in [2.24, 2.45) is 7.05 Å². The van der Waals surface area contributed by atoms with Crippen LogP contribution in [-0.2, 0) is 12.5 Å². The Kier molecular flexibility index (Phi) is 8.72. The molecule has 0 saturated carbocycles. The molecular formula is C19H36N2. The van der Waals surface area contributed by atoms with E-state index in [1.807, 2.05) is 6.20 Å². The largest absolute Gasteiger partial charge is 0.338 e. The molecule has 0 bridgehead atoms. The first-order valence-electron chi connectivity index (χ1n) is 9.12. The third-order valence-corrected chi connectivity index (χ3v) is 4.78. The fourth-order valence-electron chi connectivity index (χ4n) is 3.36. The van der Waals surface area contributed by atoms with Gasteiger partial charge in [0.25, 0.3) is 0 Å². The number of aromatic nitrogens is 2. The van der Waals surface area contributed by atoms with Crippen LogP contribution in [0, 0.1) is 0 Å². The van der Waals surface area contributed by atoms with Gasteiger partial charge >= 0.3 is 0 Å². The molecule has 0 N–H and O–H groups in total. The molecular weight excluding hydrogens is 256 g/mol. The van der Waals surface area contributed by atoms with Crippen molar-refractivity contribution in [3.63, 3.8) is 0 Å². The lowest BCUT2D eigenvalue weighted by molar-refractivity contribution is 0.338. The molecule has 21 heavy (non-hydrogen) atoms. The highest BCUT2D eigenvalue weighted by Crippen LogP contribution is 2.34. The van der Waals surface area contributed by atoms with E-state index in [1.54, 1.807) is 0 Å². The summed E-state index contributed by atoms with van der Waals surface area (Å²) in [5, 5.41) is 0. The Morgan fingerprint density at radius 2 is 1.43 bits per heavy atom. The lowest BCUT2D eigenvalue weighted by Crippen LogP contribution is -2.26. The highest BCUT2D eigenvalue weighted by molar-refractivity contribution is 5.08. The molecule has 122 valence electrons. The summed E-state index contributed by atoms with van der Waals surface area (Å²) in [5.74, 6) is 1.29. The predicted molar refractivity (Wildman–Crippen MR) is 92.7 cm³/mol. The maximum Gasteiger partial charge on any atom is 0.114 e. The van der Waals surface area contributed by atoms with Crippen molar-refractivity contribution >= 4 is 0 Å². The maximum absolute atomic E-state index is 4.66. The average molecular weight is 293 g/mol.